The number of aliphatic hydroxyl groups is 1. The van der Waals surface area contributed by atoms with Crippen LogP contribution in [0.25, 0.3) is 10.9 Å². The number of hydrogen-bond donors (Lipinski definition) is 2. The Morgan fingerprint density at radius 1 is 1.60 bits per heavy atom. The summed E-state index contributed by atoms with van der Waals surface area (Å²) in [7, 11) is 0. The lowest BCUT2D eigenvalue weighted by Gasteiger charge is -2.34. The third-order valence-electron chi connectivity index (χ3n) is 3.62. The Balaban J connectivity index is 2.01. The maximum absolute atomic E-state index is 12.7. The number of morpholine rings is 1. The molecule has 20 heavy (non-hydrogen) atoms. The number of ether oxygens (including phenoxy) is 1. The zero-order chi connectivity index (χ0) is 14.1. The molecule has 0 spiro atoms. The van der Waals surface area contributed by atoms with Gasteiger partial charge >= 0.3 is 0 Å². The molecule has 1 aromatic heterocycles. The van der Waals surface area contributed by atoms with Crippen molar-refractivity contribution in [1.82, 2.24) is 15.1 Å². The fourth-order valence-corrected chi connectivity index (χ4v) is 2.60. The Morgan fingerprint density at radius 2 is 2.45 bits per heavy atom. The predicted octanol–water partition coefficient (Wildman–Crippen LogP) is 0.705. The fourth-order valence-electron chi connectivity index (χ4n) is 2.60. The normalized spacial score (nSPS) is 19.5. The van der Waals surface area contributed by atoms with Gasteiger partial charge in [-0.05, 0) is 24.6 Å². The Labute approximate surface area is 116 Å². The van der Waals surface area contributed by atoms with Crippen LogP contribution in [0.1, 0.15) is 15.9 Å². The Morgan fingerprint density at radius 3 is 3.25 bits per heavy atom. The Hall–Kier alpha value is -1.92. The van der Waals surface area contributed by atoms with Crippen molar-refractivity contribution in [2.24, 2.45) is 0 Å². The van der Waals surface area contributed by atoms with Crippen LogP contribution in [0.4, 0.5) is 0 Å². The van der Waals surface area contributed by atoms with Gasteiger partial charge in [-0.1, -0.05) is 0 Å². The Bertz CT molecular complexity index is 638. The summed E-state index contributed by atoms with van der Waals surface area (Å²) in [5.41, 5.74) is 2.35. The number of carbonyl (C=O) groups excluding carboxylic acids is 1. The van der Waals surface area contributed by atoms with Gasteiger partial charge in [0.1, 0.15) is 0 Å². The molecule has 1 saturated heterocycles. The molecule has 0 unspecified atom stereocenters. The average molecular weight is 275 g/mol. The maximum Gasteiger partial charge on any atom is 0.256 e. The quantitative estimate of drug-likeness (QED) is 0.846. The number of fused-ring (bicyclic) bond motifs is 1. The molecule has 1 fully saturated rings. The standard InChI is InChI=1S/C14H17N3O3/c1-9-4-10-6-15-16-13(10)12(5-9)14(19)17-2-3-20-8-11(17)7-18/h4-6,11,18H,2-3,7-8H2,1H3,(H,15,16)/t11-/m1/s1. The number of aryl methyl sites for hydroxylation is 1. The second-order valence-electron chi connectivity index (χ2n) is 5.06. The fraction of sp³-hybridized carbons (Fsp3) is 0.429. The number of nitrogens with zero attached hydrogens (tertiary/aromatic N) is 2. The molecule has 1 aliphatic rings. The summed E-state index contributed by atoms with van der Waals surface area (Å²) in [6.45, 7) is 3.23. The molecule has 6 nitrogen and oxygen atoms in total. The van der Waals surface area contributed by atoms with Gasteiger partial charge in [0.15, 0.2) is 0 Å². The molecule has 1 aliphatic heterocycles. The molecule has 6 heteroatoms. The number of nitrogens with one attached hydrogen (secondary N) is 1. The van der Waals surface area contributed by atoms with E-state index in [2.05, 4.69) is 10.2 Å². The van der Waals surface area contributed by atoms with Gasteiger partial charge in [0.05, 0.1) is 43.1 Å². The van der Waals surface area contributed by atoms with Crippen LogP contribution in [0.15, 0.2) is 18.3 Å². The van der Waals surface area contributed by atoms with Gasteiger partial charge in [0.2, 0.25) is 0 Å². The number of H-pyrrole nitrogens is 1. The number of aromatic amines is 1. The molecule has 0 bridgehead atoms. The minimum atomic E-state index is -0.283. The number of amides is 1. The molecular weight excluding hydrogens is 258 g/mol. The average Bonchev–Trinajstić information content (AvgIpc) is 2.93. The van der Waals surface area contributed by atoms with Crippen LogP contribution in [0, 0.1) is 6.92 Å². The lowest BCUT2D eigenvalue weighted by Crippen LogP contribution is -2.50. The molecule has 2 aromatic rings. The van der Waals surface area contributed by atoms with Crippen molar-refractivity contribution in [3.8, 4) is 0 Å². The van der Waals surface area contributed by atoms with Gasteiger partial charge in [-0.25, -0.2) is 0 Å². The first-order valence-corrected chi connectivity index (χ1v) is 6.64. The van der Waals surface area contributed by atoms with Crippen LogP contribution in [0.5, 0.6) is 0 Å². The van der Waals surface area contributed by atoms with Crippen LogP contribution >= 0.6 is 0 Å². The molecule has 1 amide bonds. The number of rotatable bonds is 2. The van der Waals surface area contributed by atoms with Crippen molar-refractivity contribution in [2.45, 2.75) is 13.0 Å². The van der Waals surface area contributed by atoms with E-state index in [0.29, 0.717) is 25.3 Å². The molecular formula is C14H17N3O3. The number of benzene rings is 1. The van der Waals surface area contributed by atoms with Gasteiger partial charge in [-0.2, -0.15) is 5.10 Å². The molecule has 3 rings (SSSR count). The van der Waals surface area contributed by atoms with E-state index >= 15 is 0 Å². The zero-order valence-corrected chi connectivity index (χ0v) is 11.3. The third kappa shape index (κ3) is 2.17. The lowest BCUT2D eigenvalue weighted by atomic mass is 10.1. The topological polar surface area (TPSA) is 78.5 Å². The van der Waals surface area contributed by atoms with E-state index in [0.717, 1.165) is 16.5 Å². The number of aliphatic hydroxyl groups excluding tert-OH is 1. The highest BCUT2D eigenvalue weighted by Gasteiger charge is 2.28. The Kier molecular flexibility index (Phi) is 3.42. The van der Waals surface area contributed by atoms with Gasteiger partial charge in [0, 0.05) is 11.9 Å². The second-order valence-corrected chi connectivity index (χ2v) is 5.06. The third-order valence-corrected chi connectivity index (χ3v) is 3.62. The zero-order valence-electron chi connectivity index (χ0n) is 11.3. The molecule has 0 radical (unpaired) electrons. The first-order chi connectivity index (χ1) is 9.70. The summed E-state index contributed by atoms with van der Waals surface area (Å²) >= 11 is 0. The van der Waals surface area contributed by atoms with E-state index in [9.17, 15) is 9.90 Å². The molecule has 106 valence electrons. The first kappa shape index (κ1) is 13.1. The highest BCUT2D eigenvalue weighted by molar-refractivity contribution is 6.05. The predicted molar refractivity (Wildman–Crippen MR) is 73.6 cm³/mol. The maximum atomic E-state index is 12.7. The highest BCUT2D eigenvalue weighted by Crippen LogP contribution is 2.21. The van der Waals surface area contributed by atoms with Crippen LogP contribution in [0.2, 0.25) is 0 Å². The van der Waals surface area contributed by atoms with Gasteiger partial charge in [0.25, 0.3) is 5.91 Å². The van der Waals surface area contributed by atoms with Gasteiger partial charge in [-0.3, -0.25) is 9.89 Å². The van der Waals surface area contributed by atoms with Crippen LogP contribution < -0.4 is 0 Å². The van der Waals surface area contributed by atoms with E-state index < -0.39 is 0 Å². The smallest absolute Gasteiger partial charge is 0.256 e. The summed E-state index contributed by atoms with van der Waals surface area (Å²) in [6.07, 6.45) is 1.71. The van der Waals surface area contributed by atoms with Crippen molar-refractivity contribution >= 4 is 16.8 Å². The summed E-state index contributed by atoms with van der Waals surface area (Å²) < 4.78 is 5.31. The molecule has 2 N–H and O–H groups in total. The number of hydrogen-bond acceptors (Lipinski definition) is 4. The summed E-state index contributed by atoms with van der Waals surface area (Å²) in [5.74, 6) is -0.0923. The van der Waals surface area contributed by atoms with Crippen molar-refractivity contribution in [3.05, 3.63) is 29.5 Å². The minimum absolute atomic E-state index is 0.0923. The monoisotopic (exact) mass is 275 g/mol. The van der Waals surface area contributed by atoms with E-state index in [-0.39, 0.29) is 18.6 Å². The number of carbonyl (C=O) groups is 1. The van der Waals surface area contributed by atoms with Gasteiger partial charge < -0.3 is 14.7 Å². The largest absolute Gasteiger partial charge is 0.394 e. The summed E-state index contributed by atoms with van der Waals surface area (Å²) in [6, 6.07) is 3.56. The van der Waals surface area contributed by atoms with Crippen molar-refractivity contribution in [2.75, 3.05) is 26.4 Å². The van der Waals surface area contributed by atoms with Crippen LogP contribution in [-0.2, 0) is 4.74 Å². The highest BCUT2D eigenvalue weighted by atomic mass is 16.5. The molecule has 1 atom stereocenters. The minimum Gasteiger partial charge on any atom is -0.394 e. The van der Waals surface area contributed by atoms with E-state index in [1.807, 2.05) is 19.1 Å². The van der Waals surface area contributed by atoms with Gasteiger partial charge in [-0.15, -0.1) is 0 Å². The van der Waals surface area contributed by atoms with E-state index in [4.69, 9.17) is 4.74 Å². The van der Waals surface area contributed by atoms with E-state index in [1.54, 1.807) is 11.1 Å². The summed E-state index contributed by atoms with van der Waals surface area (Å²) in [4.78, 5) is 14.4. The first-order valence-electron chi connectivity index (χ1n) is 6.64. The van der Waals surface area contributed by atoms with Crippen molar-refractivity contribution in [1.29, 1.82) is 0 Å². The summed E-state index contributed by atoms with van der Waals surface area (Å²) in [5, 5.41) is 17.2. The van der Waals surface area contributed by atoms with Crippen LogP contribution in [-0.4, -0.2) is 58.5 Å². The molecule has 0 saturated carbocycles. The SMILES string of the molecule is Cc1cc(C(=O)N2CCOC[C@H]2CO)c2[nH]ncc2c1. The molecule has 2 heterocycles. The molecule has 0 aliphatic carbocycles. The number of aromatic nitrogens is 2. The van der Waals surface area contributed by atoms with Crippen LogP contribution in [0.3, 0.4) is 0 Å². The lowest BCUT2D eigenvalue weighted by molar-refractivity contribution is -0.0183. The van der Waals surface area contributed by atoms with Crippen molar-refractivity contribution < 1.29 is 14.6 Å². The second kappa shape index (κ2) is 5.22. The van der Waals surface area contributed by atoms with Crippen molar-refractivity contribution in [3.63, 3.8) is 0 Å². The van der Waals surface area contributed by atoms with E-state index in [1.165, 1.54) is 0 Å². The molecule has 1 aromatic carbocycles.